The maximum atomic E-state index is 12.7. The van der Waals surface area contributed by atoms with Crippen molar-refractivity contribution in [1.29, 1.82) is 0 Å². The summed E-state index contributed by atoms with van der Waals surface area (Å²) in [5.41, 5.74) is 0.635. The van der Waals surface area contributed by atoms with Gasteiger partial charge in [0.2, 0.25) is 0 Å². The number of carbonyl (C=O) groups excluding carboxylic acids is 4. The molecule has 130 valence electrons. The Balaban J connectivity index is 1.88. The second-order valence-electron chi connectivity index (χ2n) is 6.01. The summed E-state index contributed by atoms with van der Waals surface area (Å²) in [5.74, 6) is -3.83. The number of benzene rings is 2. The molecule has 1 N–H and O–H groups in total. The van der Waals surface area contributed by atoms with E-state index in [0.29, 0.717) is 0 Å². The van der Waals surface area contributed by atoms with E-state index in [1.165, 1.54) is 24.3 Å². The molecule has 8 heteroatoms. The molecule has 0 radical (unpaired) electrons. The summed E-state index contributed by atoms with van der Waals surface area (Å²) < 4.78 is 4.67. The fourth-order valence-corrected chi connectivity index (χ4v) is 3.36. The average molecular weight is 353 g/mol. The SMILES string of the molecule is O=C(O)CCCN1C(=O)c2ccc3c4c(ccc(c24)C1=O)C(=O)OC3=O. The van der Waals surface area contributed by atoms with E-state index in [9.17, 15) is 24.0 Å². The zero-order valence-electron chi connectivity index (χ0n) is 13.3. The molecule has 2 aliphatic heterocycles. The van der Waals surface area contributed by atoms with Crippen molar-refractivity contribution < 1.29 is 33.8 Å². The Labute approximate surface area is 145 Å². The molecule has 0 bridgehead atoms. The number of carboxylic acid groups (broad SMARTS) is 1. The lowest BCUT2D eigenvalue weighted by Crippen LogP contribution is -2.41. The third-order valence-corrected chi connectivity index (χ3v) is 4.51. The van der Waals surface area contributed by atoms with Crippen LogP contribution in [0.1, 0.15) is 54.3 Å². The number of nitrogens with zero attached hydrogens (tertiary/aromatic N) is 1. The van der Waals surface area contributed by atoms with Gasteiger partial charge >= 0.3 is 17.9 Å². The number of amides is 2. The van der Waals surface area contributed by atoms with Crippen LogP contribution >= 0.6 is 0 Å². The van der Waals surface area contributed by atoms with Crippen molar-refractivity contribution in [3.8, 4) is 0 Å². The van der Waals surface area contributed by atoms with Gasteiger partial charge in [-0.25, -0.2) is 9.59 Å². The summed E-state index contributed by atoms with van der Waals surface area (Å²) in [6.07, 6.45) is -0.0379. The zero-order chi connectivity index (χ0) is 18.6. The molecule has 0 saturated carbocycles. The van der Waals surface area contributed by atoms with E-state index in [0.717, 1.165) is 4.90 Å². The predicted molar refractivity (Wildman–Crippen MR) is 85.9 cm³/mol. The van der Waals surface area contributed by atoms with Gasteiger partial charge in [-0.05, 0) is 30.7 Å². The van der Waals surface area contributed by atoms with Crippen LogP contribution in [0.25, 0.3) is 10.8 Å². The fourth-order valence-electron chi connectivity index (χ4n) is 3.36. The maximum Gasteiger partial charge on any atom is 0.346 e. The molecule has 26 heavy (non-hydrogen) atoms. The first-order chi connectivity index (χ1) is 12.4. The van der Waals surface area contributed by atoms with Gasteiger partial charge in [-0.3, -0.25) is 19.3 Å². The van der Waals surface area contributed by atoms with Crippen molar-refractivity contribution in [2.24, 2.45) is 0 Å². The van der Waals surface area contributed by atoms with Gasteiger partial charge in [0.25, 0.3) is 11.8 Å². The third-order valence-electron chi connectivity index (χ3n) is 4.51. The van der Waals surface area contributed by atoms with Gasteiger partial charge in [0.1, 0.15) is 0 Å². The van der Waals surface area contributed by atoms with Crippen molar-refractivity contribution in [2.75, 3.05) is 6.54 Å². The van der Waals surface area contributed by atoms with Crippen LogP contribution in [-0.2, 0) is 9.53 Å². The molecule has 2 aromatic rings. The predicted octanol–water partition coefficient (Wildman–Crippen LogP) is 1.61. The van der Waals surface area contributed by atoms with Gasteiger partial charge in [-0.1, -0.05) is 0 Å². The Hall–Kier alpha value is -3.55. The van der Waals surface area contributed by atoms with Gasteiger partial charge in [0, 0.05) is 34.9 Å². The molecule has 0 aromatic heterocycles. The number of imide groups is 1. The smallest absolute Gasteiger partial charge is 0.346 e. The van der Waals surface area contributed by atoms with Crippen LogP contribution in [0.2, 0.25) is 0 Å². The molecular weight excluding hydrogens is 342 g/mol. The Morgan fingerprint density at radius 2 is 1.31 bits per heavy atom. The second-order valence-corrected chi connectivity index (χ2v) is 6.01. The lowest BCUT2D eigenvalue weighted by atomic mass is 9.87. The molecule has 2 amide bonds. The molecule has 8 nitrogen and oxygen atoms in total. The number of cyclic esters (lactones) is 2. The van der Waals surface area contributed by atoms with Crippen LogP contribution in [0, 0.1) is 0 Å². The second kappa shape index (κ2) is 5.48. The fraction of sp³-hybridized carbons (Fsp3) is 0.167. The van der Waals surface area contributed by atoms with E-state index in [4.69, 9.17) is 5.11 Å². The van der Waals surface area contributed by atoms with Crippen molar-refractivity contribution in [3.63, 3.8) is 0 Å². The normalized spacial score (nSPS) is 15.5. The number of aliphatic carboxylic acids is 1. The topological polar surface area (TPSA) is 118 Å². The minimum Gasteiger partial charge on any atom is -0.481 e. The number of rotatable bonds is 4. The molecule has 2 aliphatic rings. The quantitative estimate of drug-likeness (QED) is 0.504. The maximum absolute atomic E-state index is 12.7. The molecule has 0 spiro atoms. The average Bonchev–Trinajstić information content (AvgIpc) is 2.60. The number of carboxylic acids is 1. The molecule has 0 unspecified atom stereocenters. The standard InChI is InChI=1S/C18H11NO7/c20-12(21)2-1-7-19-15(22)8-3-5-10-14-11(18(25)26-17(10)24)6-4-9(13(8)14)16(19)23/h3-6H,1-2,7H2,(H,20,21). The van der Waals surface area contributed by atoms with Crippen LogP contribution in [-0.4, -0.2) is 46.3 Å². The molecule has 2 aromatic carbocycles. The zero-order valence-corrected chi connectivity index (χ0v) is 13.3. The summed E-state index contributed by atoms with van der Waals surface area (Å²) >= 11 is 0. The van der Waals surface area contributed by atoms with Crippen LogP contribution in [0.15, 0.2) is 24.3 Å². The number of ether oxygens (including phenoxy) is 1. The van der Waals surface area contributed by atoms with Gasteiger partial charge in [0.15, 0.2) is 0 Å². The first-order valence-corrected chi connectivity index (χ1v) is 7.84. The van der Waals surface area contributed by atoms with Crippen LogP contribution < -0.4 is 0 Å². The summed E-state index contributed by atoms with van der Waals surface area (Å²) in [5, 5.41) is 9.24. The molecule has 0 aliphatic carbocycles. The van der Waals surface area contributed by atoms with Gasteiger partial charge in [-0.15, -0.1) is 0 Å². The van der Waals surface area contributed by atoms with E-state index in [1.54, 1.807) is 0 Å². The van der Waals surface area contributed by atoms with Crippen molar-refractivity contribution >= 4 is 40.5 Å². The Morgan fingerprint density at radius 1 is 0.846 bits per heavy atom. The summed E-state index contributed by atoms with van der Waals surface area (Å²) in [6, 6.07) is 5.62. The lowest BCUT2D eigenvalue weighted by molar-refractivity contribution is -0.137. The lowest BCUT2D eigenvalue weighted by Gasteiger charge is -2.28. The highest BCUT2D eigenvalue weighted by Gasteiger charge is 2.37. The third kappa shape index (κ3) is 2.12. The van der Waals surface area contributed by atoms with Gasteiger partial charge in [-0.2, -0.15) is 0 Å². The molecule has 4 rings (SSSR count). The summed E-state index contributed by atoms with van der Waals surface area (Å²) in [7, 11) is 0. The monoisotopic (exact) mass is 353 g/mol. The highest BCUT2D eigenvalue weighted by molar-refractivity contribution is 6.31. The van der Waals surface area contributed by atoms with E-state index < -0.39 is 29.7 Å². The van der Waals surface area contributed by atoms with E-state index in [2.05, 4.69) is 4.74 Å². The van der Waals surface area contributed by atoms with Crippen molar-refractivity contribution in [3.05, 3.63) is 46.5 Å². The first-order valence-electron chi connectivity index (χ1n) is 7.84. The summed E-state index contributed by atoms with van der Waals surface area (Å²) in [6.45, 7) is -0.0324. The van der Waals surface area contributed by atoms with Crippen LogP contribution in [0.4, 0.5) is 0 Å². The molecule has 0 fully saturated rings. The Bertz CT molecular complexity index is 984. The molecule has 0 atom stereocenters. The Morgan fingerprint density at radius 3 is 1.81 bits per heavy atom. The van der Waals surface area contributed by atoms with E-state index in [-0.39, 0.29) is 52.4 Å². The molecular formula is C18H11NO7. The molecule has 2 heterocycles. The molecule has 0 saturated heterocycles. The van der Waals surface area contributed by atoms with Gasteiger partial charge in [0.05, 0.1) is 11.1 Å². The Kier molecular flexibility index (Phi) is 3.36. The number of carbonyl (C=O) groups is 5. The van der Waals surface area contributed by atoms with Crippen LogP contribution in [0.5, 0.6) is 0 Å². The van der Waals surface area contributed by atoms with Crippen molar-refractivity contribution in [1.82, 2.24) is 4.90 Å². The highest BCUT2D eigenvalue weighted by atomic mass is 16.6. The number of esters is 2. The van der Waals surface area contributed by atoms with E-state index in [1.807, 2.05) is 0 Å². The number of hydrogen-bond acceptors (Lipinski definition) is 6. The first kappa shape index (κ1) is 15.9. The largest absolute Gasteiger partial charge is 0.481 e. The summed E-state index contributed by atoms with van der Waals surface area (Å²) in [4.78, 5) is 61.1. The van der Waals surface area contributed by atoms with E-state index >= 15 is 0 Å². The minimum absolute atomic E-state index is 0.0324. The minimum atomic E-state index is -1.02. The van der Waals surface area contributed by atoms with Crippen LogP contribution in [0.3, 0.4) is 0 Å². The van der Waals surface area contributed by atoms with Crippen molar-refractivity contribution in [2.45, 2.75) is 12.8 Å². The van der Waals surface area contributed by atoms with Gasteiger partial charge < -0.3 is 9.84 Å². The highest BCUT2D eigenvalue weighted by Crippen LogP contribution is 2.37. The number of hydrogen-bond donors (Lipinski definition) is 1.